The number of amides is 1. The number of likely N-dealkylation sites (N-methyl/N-ethyl adjacent to an activating group) is 1. The molecule has 1 heterocycles. The van der Waals surface area contributed by atoms with Crippen molar-refractivity contribution in [2.45, 2.75) is 6.04 Å². The van der Waals surface area contributed by atoms with Crippen molar-refractivity contribution in [3.05, 3.63) is 70.3 Å². The van der Waals surface area contributed by atoms with Crippen LogP contribution in [0.2, 0.25) is 5.02 Å². The van der Waals surface area contributed by atoms with Crippen LogP contribution < -0.4 is 4.74 Å². The van der Waals surface area contributed by atoms with Gasteiger partial charge in [0, 0.05) is 18.7 Å². The highest BCUT2D eigenvalue weighted by molar-refractivity contribution is 6.46. The van der Waals surface area contributed by atoms with Crippen LogP contribution in [-0.2, 0) is 9.59 Å². The van der Waals surface area contributed by atoms with Gasteiger partial charge in [-0.1, -0.05) is 41.9 Å². The number of ether oxygens (including phenoxy) is 1. The predicted octanol–water partition coefficient (Wildman–Crippen LogP) is 3.33. The maximum atomic E-state index is 12.9. The number of likely N-dealkylation sites (tertiary alicyclic amines) is 1. The van der Waals surface area contributed by atoms with Crippen LogP contribution in [0.25, 0.3) is 5.76 Å². The summed E-state index contributed by atoms with van der Waals surface area (Å²) < 4.78 is 5.14. The molecule has 2 aromatic carbocycles. The second kappa shape index (κ2) is 8.68. The summed E-state index contributed by atoms with van der Waals surface area (Å²) in [5.41, 5.74) is 1.16. The first-order valence-electron chi connectivity index (χ1n) is 9.17. The van der Waals surface area contributed by atoms with Crippen molar-refractivity contribution < 1.29 is 19.4 Å². The lowest BCUT2D eigenvalue weighted by molar-refractivity contribution is -0.140. The molecule has 1 amide bonds. The van der Waals surface area contributed by atoms with Crippen LogP contribution in [0.1, 0.15) is 17.2 Å². The summed E-state index contributed by atoms with van der Waals surface area (Å²) in [6.45, 7) is 0.946. The van der Waals surface area contributed by atoms with Gasteiger partial charge in [0.1, 0.15) is 11.5 Å². The summed E-state index contributed by atoms with van der Waals surface area (Å²) >= 11 is 6.19. The number of aliphatic hydroxyl groups excluding tert-OH is 1. The largest absolute Gasteiger partial charge is 0.507 e. The summed E-state index contributed by atoms with van der Waals surface area (Å²) in [4.78, 5) is 29.1. The zero-order chi connectivity index (χ0) is 21.1. The number of ketones is 1. The zero-order valence-corrected chi connectivity index (χ0v) is 17.3. The first-order chi connectivity index (χ1) is 13.8. The normalized spacial score (nSPS) is 18.5. The van der Waals surface area contributed by atoms with Crippen LogP contribution >= 0.6 is 11.6 Å². The molecule has 1 fully saturated rings. The molecule has 0 aromatic heterocycles. The first kappa shape index (κ1) is 20.9. The summed E-state index contributed by atoms with van der Waals surface area (Å²) in [7, 11) is 5.29. The molecule has 0 unspecified atom stereocenters. The highest BCUT2D eigenvalue weighted by Crippen LogP contribution is 2.40. The van der Waals surface area contributed by atoms with Crippen molar-refractivity contribution in [2.75, 3.05) is 34.3 Å². The second-order valence-corrected chi connectivity index (χ2v) is 7.46. The Bertz CT molecular complexity index is 957. The third-order valence-corrected chi connectivity index (χ3v) is 5.16. The van der Waals surface area contributed by atoms with Gasteiger partial charge in [-0.15, -0.1) is 0 Å². The number of rotatable bonds is 6. The topological polar surface area (TPSA) is 70.1 Å². The fourth-order valence-electron chi connectivity index (χ4n) is 3.37. The van der Waals surface area contributed by atoms with E-state index >= 15 is 0 Å². The molecule has 1 N–H and O–H groups in total. The van der Waals surface area contributed by atoms with Crippen molar-refractivity contribution in [1.82, 2.24) is 9.80 Å². The van der Waals surface area contributed by atoms with E-state index in [0.29, 0.717) is 29.4 Å². The molecule has 6 nitrogen and oxygen atoms in total. The van der Waals surface area contributed by atoms with Gasteiger partial charge in [-0.05, 0) is 37.9 Å². The Kier molecular flexibility index (Phi) is 6.25. The van der Waals surface area contributed by atoms with Crippen molar-refractivity contribution in [3.63, 3.8) is 0 Å². The van der Waals surface area contributed by atoms with Crippen LogP contribution in [-0.4, -0.2) is 60.9 Å². The average molecular weight is 415 g/mol. The molecule has 0 radical (unpaired) electrons. The number of benzene rings is 2. The van der Waals surface area contributed by atoms with Crippen LogP contribution in [0.3, 0.4) is 0 Å². The van der Waals surface area contributed by atoms with Gasteiger partial charge in [0.05, 0.1) is 23.7 Å². The number of carbonyl (C=O) groups is 2. The van der Waals surface area contributed by atoms with Gasteiger partial charge in [-0.3, -0.25) is 9.59 Å². The standard InChI is InChI=1S/C22H23ClN2O4/c1-24(2)11-12-25-19(14-7-5-4-6-8-14)18(21(27)22(25)28)20(26)15-9-10-17(29-3)16(23)13-15/h4-10,13,19,26H,11-12H2,1-3H3/t19-/m1/s1. The first-order valence-corrected chi connectivity index (χ1v) is 9.55. The molecular weight excluding hydrogens is 392 g/mol. The van der Waals surface area contributed by atoms with Gasteiger partial charge in [0.2, 0.25) is 0 Å². The molecule has 0 bridgehead atoms. The van der Waals surface area contributed by atoms with Crippen molar-refractivity contribution in [2.24, 2.45) is 0 Å². The molecular formula is C22H23ClN2O4. The second-order valence-electron chi connectivity index (χ2n) is 7.06. The Balaban J connectivity index is 2.13. The maximum Gasteiger partial charge on any atom is 0.295 e. The summed E-state index contributed by atoms with van der Waals surface area (Å²) in [6, 6.07) is 13.3. The summed E-state index contributed by atoms with van der Waals surface area (Å²) in [5, 5.41) is 11.3. The fourth-order valence-corrected chi connectivity index (χ4v) is 3.63. The number of hydrogen-bond acceptors (Lipinski definition) is 5. The van der Waals surface area contributed by atoms with Crippen LogP contribution in [0, 0.1) is 0 Å². The molecule has 3 rings (SSSR count). The Morgan fingerprint density at radius 1 is 1.17 bits per heavy atom. The van der Waals surface area contributed by atoms with Gasteiger partial charge in [0.15, 0.2) is 0 Å². The molecule has 0 saturated carbocycles. The van der Waals surface area contributed by atoms with E-state index in [-0.39, 0.29) is 11.3 Å². The molecule has 0 aliphatic carbocycles. The Morgan fingerprint density at radius 3 is 2.45 bits per heavy atom. The van der Waals surface area contributed by atoms with Gasteiger partial charge in [0.25, 0.3) is 11.7 Å². The number of nitrogens with zero attached hydrogens (tertiary/aromatic N) is 2. The van der Waals surface area contributed by atoms with E-state index < -0.39 is 17.7 Å². The average Bonchev–Trinajstić information content (AvgIpc) is 2.97. The highest BCUT2D eigenvalue weighted by atomic mass is 35.5. The molecule has 2 aromatic rings. The molecule has 1 saturated heterocycles. The van der Waals surface area contributed by atoms with Crippen molar-refractivity contribution >= 4 is 29.1 Å². The quantitative estimate of drug-likeness (QED) is 0.446. The number of hydrogen-bond donors (Lipinski definition) is 1. The van der Waals surface area contributed by atoms with E-state index in [4.69, 9.17) is 16.3 Å². The minimum atomic E-state index is -0.706. The Hall–Kier alpha value is -2.83. The third-order valence-electron chi connectivity index (χ3n) is 4.87. The molecule has 1 aliphatic rings. The number of methoxy groups -OCH3 is 1. The molecule has 152 valence electrons. The number of aliphatic hydroxyl groups is 1. The van der Waals surface area contributed by atoms with Crippen LogP contribution in [0.4, 0.5) is 0 Å². The highest BCUT2D eigenvalue weighted by Gasteiger charge is 2.45. The fraction of sp³-hybridized carbons (Fsp3) is 0.273. The third kappa shape index (κ3) is 4.13. The molecule has 7 heteroatoms. The van der Waals surface area contributed by atoms with Gasteiger partial charge in [-0.25, -0.2) is 0 Å². The van der Waals surface area contributed by atoms with Gasteiger partial charge in [-0.2, -0.15) is 0 Å². The molecule has 29 heavy (non-hydrogen) atoms. The Morgan fingerprint density at radius 2 is 1.86 bits per heavy atom. The van der Waals surface area contributed by atoms with E-state index in [2.05, 4.69) is 0 Å². The SMILES string of the molecule is COc1ccc(C(O)=C2C(=O)C(=O)N(CCN(C)C)[C@@H]2c2ccccc2)cc1Cl. The number of Topliss-reactive ketones (excluding diaryl/α,β-unsaturated/α-hetero) is 1. The number of halogens is 1. The predicted molar refractivity (Wildman–Crippen MR) is 112 cm³/mol. The monoisotopic (exact) mass is 414 g/mol. The smallest absolute Gasteiger partial charge is 0.295 e. The van der Waals surface area contributed by atoms with Crippen molar-refractivity contribution in [1.29, 1.82) is 0 Å². The minimum Gasteiger partial charge on any atom is -0.507 e. The lowest BCUT2D eigenvalue weighted by Gasteiger charge is -2.26. The van der Waals surface area contributed by atoms with E-state index in [1.807, 2.05) is 49.3 Å². The molecule has 1 aliphatic heterocycles. The lowest BCUT2D eigenvalue weighted by atomic mass is 9.95. The van der Waals surface area contributed by atoms with E-state index in [1.54, 1.807) is 12.1 Å². The van der Waals surface area contributed by atoms with E-state index in [9.17, 15) is 14.7 Å². The van der Waals surface area contributed by atoms with Crippen LogP contribution in [0.15, 0.2) is 54.1 Å². The maximum absolute atomic E-state index is 12.9. The molecule has 1 atom stereocenters. The lowest BCUT2D eigenvalue weighted by Crippen LogP contribution is -2.35. The zero-order valence-electron chi connectivity index (χ0n) is 16.6. The van der Waals surface area contributed by atoms with Crippen molar-refractivity contribution in [3.8, 4) is 5.75 Å². The van der Waals surface area contributed by atoms with Gasteiger partial charge < -0.3 is 19.6 Å². The Labute approximate surface area is 174 Å². The minimum absolute atomic E-state index is 0.0567. The van der Waals surface area contributed by atoms with E-state index in [1.165, 1.54) is 18.1 Å². The van der Waals surface area contributed by atoms with Crippen LogP contribution in [0.5, 0.6) is 5.75 Å². The van der Waals surface area contributed by atoms with Gasteiger partial charge >= 0.3 is 0 Å². The number of carbonyl (C=O) groups excluding carboxylic acids is 2. The molecule has 0 spiro atoms. The van der Waals surface area contributed by atoms with E-state index in [0.717, 1.165) is 5.56 Å². The summed E-state index contributed by atoms with van der Waals surface area (Å²) in [5.74, 6) is -1.13. The summed E-state index contributed by atoms with van der Waals surface area (Å²) in [6.07, 6.45) is 0.